The molecule has 0 fully saturated rings. The van der Waals surface area contributed by atoms with Crippen LogP contribution < -0.4 is 10.5 Å². The number of nitrogens with two attached hydrogens (primary N) is 1. The lowest BCUT2D eigenvalue weighted by Crippen LogP contribution is -2.25. The number of rotatable bonds is 1. The second kappa shape index (κ2) is 3.73. The summed E-state index contributed by atoms with van der Waals surface area (Å²) in [5, 5.41) is 4.30. The summed E-state index contributed by atoms with van der Waals surface area (Å²) >= 11 is 0. The van der Waals surface area contributed by atoms with E-state index in [-0.39, 0.29) is 0 Å². The van der Waals surface area contributed by atoms with Crippen LogP contribution in [0.2, 0.25) is 0 Å². The number of hydrogen-bond donors (Lipinski definition) is 1. The number of aromatic nitrogens is 1. The first-order chi connectivity index (χ1) is 7.58. The number of fused-ring (bicyclic) bond motifs is 1. The molecule has 0 spiro atoms. The summed E-state index contributed by atoms with van der Waals surface area (Å²) in [6.45, 7) is 0. The fourth-order valence-corrected chi connectivity index (χ4v) is 1.19. The zero-order chi connectivity index (χ0) is 11.7. The van der Waals surface area contributed by atoms with E-state index in [1.807, 2.05) is 0 Å². The van der Waals surface area contributed by atoms with Crippen molar-refractivity contribution in [3.05, 3.63) is 18.2 Å². The monoisotopic (exact) mass is 221 g/mol. The van der Waals surface area contributed by atoms with Gasteiger partial charge in [-0.2, -0.15) is 0 Å². The SMILES string of the molecule is CN(C)C(=O)Oc1ccc2c(N)noc2c1. The molecule has 16 heavy (non-hydrogen) atoms. The minimum absolute atomic E-state index is 0.320. The number of nitrogen functional groups attached to an aromatic ring is 1. The molecule has 1 aromatic heterocycles. The normalized spacial score (nSPS) is 10.4. The van der Waals surface area contributed by atoms with E-state index in [9.17, 15) is 4.79 Å². The molecule has 1 heterocycles. The van der Waals surface area contributed by atoms with Crippen molar-refractivity contribution in [1.29, 1.82) is 0 Å². The molecule has 0 aliphatic rings. The highest BCUT2D eigenvalue weighted by Gasteiger charge is 2.10. The van der Waals surface area contributed by atoms with E-state index < -0.39 is 6.09 Å². The average molecular weight is 221 g/mol. The Kier molecular flexibility index (Phi) is 2.40. The Bertz CT molecular complexity index is 533. The summed E-state index contributed by atoms with van der Waals surface area (Å²) in [5.41, 5.74) is 6.04. The van der Waals surface area contributed by atoms with Gasteiger partial charge in [0, 0.05) is 20.2 Å². The van der Waals surface area contributed by atoms with Crippen LogP contribution in [0.4, 0.5) is 10.6 Å². The second-order valence-corrected chi connectivity index (χ2v) is 3.49. The molecular formula is C10H11N3O3. The van der Waals surface area contributed by atoms with Gasteiger partial charge in [-0.05, 0) is 12.1 Å². The lowest BCUT2D eigenvalue weighted by atomic mass is 10.2. The minimum atomic E-state index is -0.452. The molecule has 2 N–H and O–H groups in total. The van der Waals surface area contributed by atoms with Crippen molar-refractivity contribution in [1.82, 2.24) is 10.1 Å². The summed E-state index contributed by atoms with van der Waals surface area (Å²) in [6, 6.07) is 4.90. The smallest absolute Gasteiger partial charge is 0.410 e. The van der Waals surface area contributed by atoms with Gasteiger partial charge in [0.15, 0.2) is 11.4 Å². The Morgan fingerprint density at radius 3 is 2.94 bits per heavy atom. The molecule has 6 nitrogen and oxygen atoms in total. The van der Waals surface area contributed by atoms with Crippen molar-refractivity contribution in [2.24, 2.45) is 0 Å². The molecule has 1 amide bonds. The van der Waals surface area contributed by atoms with E-state index in [1.54, 1.807) is 32.3 Å². The molecule has 0 aliphatic heterocycles. The van der Waals surface area contributed by atoms with Crippen LogP contribution in [0.5, 0.6) is 5.75 Å². The molecule has 1 aromatic carbocycles. The van der Waals surface area contributed by atoms with Crippen molar-refractivity contribution in [3.63, 3.8) is 0 Å². The van der Waals surface area contributed by atoms with Crippen molar-refractivity contribution in [3.8, 4) is 5.75 Å². The highest BCUT2D eigenvalue weighted by atomic mass is 16.6. The van der Waals surface area contributed by atoms with Gasteiger partial charge in [-0.3, -0.25) is 0 Å². The Morgan fingerprint density at radius 1 is 1.50 bits per heavy atom. The Balaban J connectivity index is 2.30. The lowest BCUT2D eigenvalue weighted by Gasteiger charge is -2.10. The largest absolute Gasteiger partial charge is 0.414 e. The highest BCUT2D eigenvalue weighted by molar-refractivity contribution is 5.88. The van der Waals surface area contributed by atoms with Gasteiger partial charge in [0.2, 0.25) is 0 Å². The molecule has 2 rings (SSSR count). The fourth-order valence-electron chi connectivity index (χ4n) is 1.19. The van der Waals surface area contributed by atoms with Crippen molar-refractivity contribution >= 4 is 22.9 Å². The first-order valence-electron chi connectivity index (χ1n) is 4.62. The van der Waals surface area contributed by atoms with Crippen LogP contribution in [0.1, 0.15) is 0 Å². The van der Waals surface area contributed by atoms with E-state index in [0.29, 0.717) is 22.5 Å². The maximum absolute atomic E-state index is 11.3. The van der Waals surface area contributed by atoms with Crippen LogP contribution in [0.25, 0.3) is 11.0 Å². The predicted molar refractivity (Wildman–Crippen MR) is 58.1 cm³/mol. The molecule has 0 aliphatic carbocycles. The summed E-state index contributed by atoms with van der Waals surface area (Å²) in [5.74, 6) is 0.711. The predicted octanol–water partition coefficient (Wildman–Crippen LogP) is 1.47. The molecule has 2 aromatic rings. The highest BCUT2D eigenvalue weighted by Crippen LogP contribution is 2.24. The standard InChI is InChI=1S/C10H11N3O3/c1-13(2)10(14)15-6-3-4-7-8(5-6)16-12-9(7)11/h3-5H,1-2H3,(H2,11,12). The van der Waals surface area contributed by atoms with E-state index in [0.717, 1.165) is 0 Å². The van der Waals surface area contributed by atoms with Crippen LogP contribution >= 0.6 is 0 Å². The molecular weight excluding hydrogens is 210 g/mol. The van der Waals surface area contributed by atoms with Gasteiger partial charge >= 0.3 is 6.09 Å². The summed E-state index contributed by atoms with van der Waals surface area (Å²) in [7, 11) is 3.21. The number of amides is 1. The Hall–Kier alpha value is -2.24. The zero-order valence-corrected chi connectivity index (χ0v) is 8.93. The molecule has 0 radical (unpaired) electrons. The van der Waals surface area contributed by atoms with Crippen LogP contribution in [-0.2, 0) is 0 Å². The van der Waals surface area contributed by atoms with Gasteiger partial charge in [0.05, 0.1) is 5.39 Å². The molecule has 0 saturated heterocycles. The van der Waals surface area contributed by atoms with E-state index in [2.05, 4.69) is 5.16 Å². The van der Waals surface area contributed by atoms with Crippen LogP contribution in [0.3, 0.4) is 0 Å². The van der Waals surface area contributed by atoms with E-state index in [4.69, 9.17) is 15.0 Å². The van der Waals surface area contributed by atoms with E-state index >= 15 is 0 Å². The van der Waals surface area contributed by atoms with Crippen molar-refractivity contribution in [2.75, 3.05) is 19.8 Å². The molecule has 6 heteroatoms. The van der Waals surface area contributed by atoms with E-state index in [1.165, 1.54) is 4.90 Å². The first kappa shape index (κ1) is 10.3. The molecule has 0 atom stereocenters. The van der Waals surface area contributed by atoms with Gasteiger partial charge < -0.3 is 19.9 Å². The molecule has 0 saturated carbocycles. The van der Waals surface area contributed by atoms with Crippen LogP contribution in [0, 0.1) is 0 Å². The second-order valence-electron chi connectivity index (χ2n) is 3.49. The number of hydrogen-bond acceptors (Lipinski definition) is 5. The number of ether oxygens (including phenoxy) is 1. The first-order valence-corrected chi connectivity index (χ1v) is 4.62. The average Bonchev–Trinajstić information content (AvgIpc) is 2.60. The molecule has 0 bridgehead atoms. The topological polar surface area (TPSA) is 81.6 Å². The number of carbonyl (C=O) groups is 1. The quantitative estimate of drug-likeness (QED) is 0.788. The van der Waals surface area contributed by atoms with Gasteiger partial charge in [0.1, 0.15) is 5.75 Å². The Labute approximate surface area is 91.5 Å². The number of carbonyl (C=O) groups excluding carboxylic acids is 1. The maximum Gasteiger partial charge on any atom is 0.414 e. The van der Waals surface area contributed by atoms with Crippen LogP contribution in [0.15, 0.2) is 22.7 Å². The lowest BCUT2D eigenvalue weighted by molar-refractivity contribution is 0.172. The summed E-state index contributed by atoms with van der Waals surface area (Å²) in [4.78, 5) is 12.6. The van der Waals surface area contributed by atoms with Crippen molar-refractivity contribution < 1.29 is 14.1 Å². The third kappa shape index (κ3) is 1.77. The third-order valence-corrected chi connectivity index (χ3v) is 2.04. The Morgan fingerprint density at radius 2 is 2.25 bits per heavy atom. The van der Waals surface area contributed by atoms with Gasteiger partial charge in [0.25, 0.3) is 0 Å². The summed E-state index contributed by atoms with van der Waals surface area (Å²) in [6.07, 6.45) is -0.452. The summed E-state index contributed by atoms with van der Waals surface area (Å²) < 4.78 is 10.0. The van der Waals surface area contributed by atoms with Crippen LogP contribution in [-0.4, -0.2) is 30.2 Å². The maximum atomic E-state index is 11.3. The fraction of sp³-hybridized carbons (Fsp3) is 0.200. The molecule has 0 unspecified atom stereocenters. The third-order valence-electron chi connectivity index (χ3n) is 2.04. The number of nitrogens with zero attached hydrogens (tertiary/aromatic N) is 2. The van der Waals surface area contributed by atoms with Gasteiger partial charge in [-0.15, -0.1) is 0 Å². The van der Waals surface area contributed by atoms with Crippen molar-refractivity contribution in [2.45, 2.75) is 0 Å². The minimum Gasteiger partial charge on any atom is -0.410 e. The van der Waals surface area contributed by atoms with Gasteiger partial charge in [-0.25, -0.2) is 4.79 Å². The zero-order valence-electron chi connectivity index (χ0n) is 8.93. The molecule has 84 valence electrons. The number of benzene rings is 1. The number of anilines is 1. The van der Waals surface area contributed by atoms with Gasteiger partial charge in [-0.1, -0.05) is 5.16 Å².